The summed E-state index contributed by atoms with van der Waals surface area (Å²) in [5, 5.41) is 2.95. The van der Waals surface area contributed by atoms with Gasteiger partial charge in [0.2, 0.25) is 0 Å². The summed E-state index contributed by atoms with van der Waals surface area (Å²) >= 11 is 1.31. The van der Waals surface area contributed by atoms with Crippen LogP contribution in [0.25, 0.3) is 0 Å². The van der Waals surface area contributed by atoms with Gasteiger partial charge in [-0.15, -0.1) is 11.3 Å². The van der Waals surface area contributed by atoms with Crippen LogP contribution in [-0.4, -0.2) is 45.4 Å². The van der Waals surface area contributed by atoms with Crippen LogP contribution in [0.2, 0.25) is 0 Å². The monoisotopic (exact) mass is 318 g/mol. The third kappa shape index (κ3) is 4.19. The van der Waals surface area contributed by atoms with E-state index >= 15 is 0 Å². The van der Waals surface area contributed by atoms with Gasteiger partial charge in [-0.2, -0.15) is 4.31 Å². The Balaban J connectivity index is 2.72. The summed E-state index contributed by atoms with van der Waals surface area (Å²) in [5.74, 6) is 0.387. The van der Waals surface area contributed by atoms with Gasteiger partial charge in [-0.25, -0.2) is 8.42 Å². The molecule has 20 heavy (non-hydrogen) atoms. The Bertz CT molecular complexity index is 548. The zero-order valence-corrected chi connectivity index (χ0v) is 13.7. The molecule has 0 amide bonds. The standard InChI is InChI=1S/C12H22N4O2S2/c1-4-16(5-2)20(17,18)11-7-6-10(19-11)8-9-15-12(13)14-3/h6-7H,4-5,8-9H2,1-3H3,(H3,13,14,15). The number of nitrogens with two attached hydrogens (primary N) is 1. The van der Waals surface area contributed by atoms with E-state index < -0.39 is 10.0 Å². The second-order valence-corrected chi connectivity index (χ2v) is 7.43. The first-order valence-electron chi connectivity index (χ1n) is 6.50. The van der Waals surface area contributed by atoms with E-state index in [1.54, 1.807) is 13.1 Å². The molecule has 0 saturated heterocycles. The minimum absolute atomic E-state index is 0.387. The van der Waals surface area contributed by atoms with E-state index in [0.717, 1.165) is 4.88 Å². The van der Waals surface area contributed by atoms with Crippen molar-refractivity contribution in [2.45, 2.75) is 24.5 Å². The highest BCUT2D eigenvalue weighted by Gasteiger charge is 2.23. The predicted molar refractivity (Wildman–Crippen MR) is 83.7 cm³/mol. The summed E-state index contributed by atoms with van der Waals surface area (Å²) in [6, 6.07) is 3.52. The molecule has 0 radical (unpaired) electrons. The van der Waals surface area contributed by atoms with Gasteiger partial charge in [0.15, 0.2) is 5.96 Å². The van der Waals surface area contributed by atoms with Crippen LogP contribution in [0.4, 0.5) is 0 Å². The summed E-state index contributed by atoms with van der Waals surface area (Å²) in [7, 11) is -1.73. The molecule has 1 aromatic rings. The SMILES string of the molecule is CCN(CC)S(=O)(=O)c1ccc(CCNC(N)=NC)s1. The number of nitrogens with zero attached hydrogens (tertiary/aromatic N) is 2. The molecule has 0 aliphatic carbocycles. The summed E-state index contributed by atoms with van der Waals surface area (Å²) < 4.78 is 26.5. The number of thiophene rings is 1. The molecule has 1 rings (SSSR count). The van der Waals surface area contributed by atoms with Crippen molar-refractivity contribution in [1.82, 2.24) is 9.62 Å². The van der Waals surface area contributed by atoms with Crippen LogP contribution < -0.4 is 11.1 Å². The summed E-state index contributed by atoms with van der Waals surface area (Å²) in [6.45, 7) is 5.28. The van der Waals surface area contributed by atoms with Crippen LogP contribution >= 0.6 is 11.3 Å². The molecule has 0 saturated carbocycles. The molecule has 0 spiro atoms. The van der Waals surface area contributed by atoms with E-state index in [0.29, 0.717) is 36.2 Å². The largest absolute Gasteiger partial charge is 0.370 e. The lowest BCUT2D eigenvalue weighted by Crippen LogP contribution is -2.32. The Hall–Kier alpha value is -1.12. The van der Waals surface area contributed by atoms with E-state index in [2.05, 4.69) is 10.3 Å². The average Bonchev–Trinajstić information content (AvgIpc) is 2.89. The third-order valence-corrected chi connectivity index (χ3v) is 6.52. The highest BCUT2D eigenvalue weighted by atomic mass is 32.2. The van der Waals surface area contributed by atoms with Gasteiger partial charge >= 0.3 is 0 Å². The van der Waals surface area contributed by atoms with E-state index in [-0.39, 0.29) is 0 Å². The van der Waals surface area contributed by atoms with Crippen molar-refractivity contribution in [2.75, 3.05) is 26.7 Å². The number of hydrogen-bond donors (Lipinski definition) is 2. The molecule has 0 aromatic carbocycles. The number of sulfonamides is 1. The molecule has 1 aromatic heterocycles. The number of hydrogen-bond acceptors (Lipinski definition) is 4. The van der Waals surface area contributed by atoms with Crippen molar-refractivity contribution in [2.24, 2.45) is 10.7 Å². The van der Waals surface area contributed by atoms with Crippen LogP contribution in [0.15, 0.2) is 21.3 Å². The van der Waals surface area contributed by atoms with Gasteiger partial charge in [0, 0.05) is 31.6 Å². The third-order valence-electron chi connectivity index (χ3n) is 2.85. The van der Waals surface area contributed by atoms with Crippen molar-refractivity contribution in [3.8, 4) is 0 Å². The normalized spacial score (nSPS) is 12.9. The minimum Gasteiger partial charge on any atom is -0.370 e. The lowest BCUT2D eigenvalue weighted by molar-refractivity contribution is 0.447. The van der Waals surface area contributed by atoms with Crippen LogP contribution in [0.1, 0.15) is 18.7 Å². The first-order chi connectivity index (χ1) is 9.45. The van der Waals surface area contributed by atoms with Crippen molar-refractivity contribution < 1.29 is 8.42 Å². The average molecular weight is 318 g/mol. The topological polar surface area (TPSA) is 87.8 Å². The zero-order valence-electron chi connectivity index (χ0n) is 12.1. The minimum atomic E-state index is -3.34. The fraction of sp³-hybridized carbons (Fsp3) is 0.583. The molecule has 114 valence electrons. The van der Waals surface area contributed by atoms with Gasteiger partial charge in [-0.1, -0.05) is 13.8 Å². The fourth-order valence-corrected chi connectivity index (χ4v) is 4.68. The van der Waals surface area contributed by atoms with Gasteiger partial charge < -0.3 is 11.1 Å². The molecule has 0 unspecified atom stereocenters. The van der Waals surface area contributed by atoms with Crippen LogP contribution in [0.5, 0.6) is 0 Å². The van der Waals surface area contributed by atoms with E-state index in [4.69, 9.17) is 5.73 Å². The smallest absolute Gasteiger partial charge is 0.252 e. The Morgan fingerprint density at radius 3 is 2.60 bits per heavy atom. The van der Waals surface area contributed by atoms with E-state index in [1.807, 2.05) is 19.9 Å². The van der Waals surface area contributed by atoms with Crippen LogP contribution in [0.3, 0.4) is 0 Å². The molecule has 8 heteroatoms. The molecule has 0 fully saturated rings. The van der Waals surface area contributed by atoms with Crippen molar-refractivity contribution in [3.63, 3.8) is 0 Å². The van der Waals surface area contributed by atoms with Crippen molar-refractivity contribution in [3.05, 3.63) is 17.0 Å². The lowest BCUT2D eigenvalue weighted by atomic mass is 10.3. The Morgan fingerprint density at radius 2 is 2.05 bits per heavy atom. The van der Waals surface area contributed by atoms with Gasteiger partial charge in [0.05, 0.1) is 0 Å². The predicted octanol–water partition coefficient (Wildman–Crippen LogP) is 0.855. The first kappa shape index (κ1) is 16.9. The van der Waals surface area contributed by atoms with Gasteiger partial charge in [-0.05, 0) is 18.6 Å². The maximum atomic E-state index is 12.3. The highest BCUT2D eigenvalue weighted by Crippen LogP contribution is 2.25. The quantitative estimate of drug-likeness (QED) is 0.576. The Kier molecular flexibility index (Phi) is 6.44. The molecular formula is C12H22N4O2S2. The Morgan fingerprint density at radius 1 is 1.40 bits per heavy atom. The van der Waals surface area contributed by atoms with Crippen molar-refractivity contribution >= 4 is 27.3 Å². The van der Waals surface area contributed by atoms with E-state index in [9.17, 15) is 8.42 Å². The molecule has 0 atom stereocenters. The molecule has 0 bridgehead atoms. The maximum Gasteiger partial charge on any atom is 0.252 e. The van der Waals surface area contributed by atoms with E-state index in [1.165, 1.54) is 15.6 Å². The maximum absolute atomic E-state index is 12.3. The van der Waals surface area contributed by atoms with Gasteiger partial charge in [0.1, 0.15) is 4.21 Å². The number of rotatable bonds is 7. The summed E-state index contributed by atoms with van der Waals surface area (Å²) in [6.07, 6.45) is 0.717. The van der Waals surface area contributed by atoms with Crippen LogP contribution in [0, 0.1) is 0 Å². The second kappa shape index (κ2) is 7.61. The summed E-state index contributed by atoms with van der Waals surface area (Å²) in [5.41, 5.74) is 5.53. The zero-order chi connectivity index (χ0) is 15.2. The van der Waals surface area contributed by atoms with Crippen LogP contribution in [-0.2, 0) is 16.4 Å². The lowest BCUT2D eigenvalue weighted by Gasteiger charge is -2.16. The highest BCUT2D eigenvalue weighted by molar-refractivity contribution is 7.91. The number of aliphatic imine (C=N–C) groups is 1. The molecule has 1 heterocycles. The van der Waals surface area contributed by atoms with Gasteiger partial charge in [-0.3, -0.25) is 4.99 Å². The number of guanidine groups is 1. The Labute approximate surface area is 124 Å². The second-order valence-electron chi connectivity index (χ2n) is 4.10. The molecule has 0 aliphatic rings. The first-order valence-corrected chi connectivity index (χ1v) is 8.76. The van der Waals surface area contributed by atoms with Gasteiger partial charge in [0.25, 0.3) is 10.0 Å². The molecular weight excluding hydrogens is 296 g/mol. The fourth-order valence-electron chi connectivity index (χ4n) is 1.71. The molecule has 3 N–H and O–H groups in total. The molecule has 6 nitrogen and oxygen atoms in total. The summed E-state index contributed by atoms with van der Waals surface area (Å²) in [4.78, 5) is 4.80. The molecule has 0 aliphatic heterocycles. The van der Waals surface area contributed by atoms with Crippen molar-refractivity contribution in [1.29, 1.82) is 0 Å². The number of nitrogens with one attached hydrogen (secondary N) is 1.